The molecule has 0 heterocycles. The number of carbonyl (C=O) groups is 1. The van der Waals surface area contributed by atoms with Crippen LogP contribution < -0.4 is 16.0 Å². The molecule has 2 aromatic carbocycles. The summed E-state index contributed by atoms with van der Waals surface area (Å²) >= 11 is 0. The number of anilines is 2. The number of aliphatic hydroxyl groups is 2. The second-order valence-electron chi connectivity index (χ2n) is 6.64. The Morgan fingerprint density at radius 3 is 2.45 bits per heavy atom. The molecule has 0 aromatic heterocycles. The number of rotatable bonds is 11. The lowest BCUT2D eigenvalue weighted by Gasteiger charge is -2.24. The molecule has 6 N–H and O–H groups in total. The molecular formula is C21H28N4O4. The van der Waals surface area contributed by atoms with Crippen LogP contribution in [0, 0.1) is 12.3 Å². The molecule has 1 amide bonds. The highest BCUT2D eigenvalue weighted by Crippen LogP contribution is 2.15. The molecule has 0 saturated carbocycles. The lowest BCUT2D eigenvalue weighted by atomic mass is 10.2. The maximum atomic E-state index is 12.1. The number of nitrogens with zero attached hydrogens (tertiary/aromatic N) is 1. The topological polar surface area (TPSA) is 132 Å². The van der Waals surface area contributed by atoms with E-state index in [1.54, 1.807) is 24.3 Å². The summed E-state index contributed by atoms with van der Waals surface area (Å²) in [4.78, 5) is 14.0. The smallest absolute Gasteiger partial charge is 0.253 e. The Morgan fingerprint density at radius 2 is 1.86 bits per heavy atom. The molecule has 2 aromatic rings. The van der Waals surface area contributed by atoms with Crippen molar-refractivity contribution >= 4 is 23.1 Å². The molecule has 1 unspecified atom stereocenters. The molecule has 2 rings (SSSR count). The Hall–Kier alpha value is -2.94. The van der Waals surface area contributed by atoms with Gasteiger partial charge in [0.15, 0.2) is 0 Å². The van der Waals surface area contributed by atoms with Gasteiger partial charge in [-0.2, -0.15) is 0 Å². The Morgan fingerprint density at radius 1 is 1.21 bits per heavy atom. The zero-order valence-electron chi connectivity index (χ0n) is 16.5. The van der Waals surface area contributed by atoms with E-state index < -0.39 is 12.0 Å². The van der Waals surface area contributed by atoms with E-state index in [4.69, 9.17) is 15.9 Å². The fraction of sp³-hybridized carbons (Fsp3) is 0.333. The van der Waals surface area contributed by atoms with Gasteiger partial charge >= 0.3 is 0 Å². The van der Waals surface area contributed by atoms with E-state index in [1.807, 2.05) is 36.1 Å². The first-order valence-corrected chi connectivity index (χ1v) is 9.34. The average Bonchev–Trinajstić information content (AvgIpc) is 2.71. The molecule has 0 aliphatic rings. The predicted molar refractivity (Wildman–Crippen MR) is 113 cm³/mol. The van der Waals surface area contributed by atoms with Crippen LogP contribution in [0.25, 0.3) is 0 Å². The number of benzene rings is 2. The van der Waals surface area contributed by atoms with Gasteiger partial charge < -0.3 is 30.9 Å². The summed E-state index contributed by atoms with van der Waals surface area (Å²) in [7, 11) is 0. The lowest BCUT2D eigenvalue weighted by molar-refractivity contribution is -0.124. The molecule has 0 spiro atoms. The number of nitrogens with two attached hydrogens (primary N) is 1. The summed E-state index contributed by atoms with van der Waals surface area (Å²) in [5.74, 6) is -0.587. The first-order valence-electron chi connectivity index (χ1n) is 9.34. The molecule has 0 fully saturated rings. The predicted octanol–water partition coefficient (Wildman–Crippen LogP) is 1.44. The van der Waals surface area contributed by atoms with E-state index in [9.17, 15) is 15.0 Å². The highest BCUT2D eigenvalue weighted by Gasteiger charge is 2.15. The van der Waals surface area contributed by atoms with Crippen molar-refractivity contribution in [3.63, 3.8) is 0 Å². The molecule has 29 heavy (non-hydrogen) atoms. The summed E-state index contributed by atoms with van der Waals surface area (Å²) in [5, 5.41) is 29.2. The number of aliphatic hydroxyl groups excluding tert-OH is 2. The second-order valence-corrected chi connectivity index (χ2v) is 6.64. The van der Waals surface area contributed by atoms with Crippen molar-refractivity contribution in [2.45, 2.75) is 19.4 Å². The van der Waals surface area contributed by atoms with Gasteiger partial charge in [0.25, 0.3) is 5.91 Å². The quantitative estimate of drug-likeness (QED) is 0.168. The minimum absolute atomic E-state index is 0.00924. The maximum Gasteiger partial charge on any atom is 0.253 e. The van der Waals surface area contributed by atoms with E-state index in [-0.39, 0.29) is 32.2 Å². The second kappa shape index (κ2) is 11.2. The first-order chi connectivity index (χ1) is 13.9. The highest BCUT2D eigenvalue weighted by molar-refractivity contribution is 5.97. The largest absolute Gasteiger partial charge is 0.395 e. The summed E-state index contributed by atoms with van der Waals surface area (Å²) in [6.45, 7) is 2.84. The van der Waals surface area contributed by atoms with E-state index in [0.29, 0.717) is 17.8 Å². The minimum atomic E-state index is -1.21. The Balaban J connectivity index is 1.77. The number of aryl methyl sites for hydroxylation is 1. The van der Waals surface area contributed by atoms with Crippen LogP contribution in [0.5, 0.6) is 0 Å². The van der Waals surface area contributed by atoms with Crippen molar-refractivity contribution in [1.82, 2.24) is 0 Å². The summed E-state index contributed by atoms with van der Waals surface area (Å²) < 4.78 is 5.58. The highest BCUT2D eigenvalue weighted by atomic mass is 16.5. The van der Waals surface area contributed by atoms with Crippen LogP contribution in [0.15, 0.2) is 48.5 Å². The summed E-state index contributed by atoms with van der Waals surface area (Å²) in [5.41, 5.74) is 8.52. The number of amidine groups is 1. The van der Waals surface area contributed by atoms with E-state index in [0.717, 1.165) is 11.3 Å². The van der Waals surface area contributed by atoms with E-state index >= 15 is 0 Å². The van der Waals surface area contributed by atoms with Gasteiger partial charge in [-0.05, 0) is 43.3 Å². The first kappa shape index (κ1) is 22.4. The lowest BCUT2D eigenvalue weighted by Crippen LogP contribution is -2.32. The van der Waals surface area contributed by atoms with Gasteiger partial charge in [0, 0.05) is 29.9 Å². The van der Waals surface area contributed by atoms with E-state index in [2.05, 4.69) is 5.32 Å². The van der Waals surface area contributed by atoms with Crippen LogP contribution >= 0.6 is 0 Å². The maximum absolute atomic E-state index is 12.1. The fourth-order valence-electron chi connectivity index (χ4n) is 2.60. The van der Waals surface area contributed by atoms with Crippen LogP contribution in [0.4, 0.5) is 11.4 Å². The van der Waals surface area contributed by atoms with Crippen molar-refractivity contribution in [3.8, 4) is 0 Å². The van der Waals surface area contributed by atoms with Crippen LogP contribution in [0.1, 0.15) is 17.5 Å². The number of carbonyl (C=O) groups excluding carboxylic acids is 1. The SMILES string of the molecule is Cc1ccc(N(CCO)COCCC(O)C(=O)Nc2ccc(C(=N)N)cc2)cc1. The molecule has 8 heteroatoms. The Kier molecular flexibility index (Phi) is 8.60. The standard InChI is InChI=1S/C21H28N4O4/c1-15-2-8-18(9-3-15)25(11-12-26)14-29-13-10-19(27)21(28)24-17-6-4-16(5-7-17)20(22)23/h2-9,19,26-27H,10-14H2,1H3,(H3,22,23)(H,24,28). The molecule has 0 radical (unpaired) electrons. The van der Waals surface area contributed by atoms with Crippen LogP contribution in [-0.2, 0) is 9.53 Å². The Bertz CT molecular complexity index is 793. The van der Waals surface area contributed by atoms with Crippen LogP contribution in [0.2, 0.25) is 0 Å². The monoisotopic (exact) mass is 400 g/mol. The Labute approximate surface area is 170 Å². The number of amides is 1. The van der Waals surface area contributed by atoms with Crippen molar-refractivity contribution in [2.24, 2.45) is 5.73 Å². The van der Waals surface area contributed by atoms with Gasteiger partial charge in [0.1, 0.15) is 18.7 Å². The normalized spacial score (nSPS) is 11.7. The van der Waals surface area contributed by atoms with Gasteiger partial charge in [-0.25, -0.2) is 0 Å². The zero-order valence-corrected chi connectivity index (χ0v) is 16.5. The summed E-state index contributed by atoms with van der Waals surface area (Å²) in [6.07, 6.45) is -1.08. The molecular weight excluding hydrogens is 372 g/mol. The molecule has 0 saturated heterocycles. The van der Waals surface area contributed by atoms with Crippen molar-refractivity contribution in [2.75, 3.05) is 36.7 Å². The molecule has 1 atom stereocenters. The molecule has 0 aliphatic heterocycles. The van der Waals surface area contributed by atoms with Crippen molar-refractivity contribution in [3.05, 3.63) is 59.7 Å². The van der Waals surface area contributed by atoms with Crippen molar-refractivity contribution < 1.29 is 19.7 Å². The third-order valence-electron chi connectivity index (χ3n) is 4.32. The number of hydrogen-bond acceptors (Lipinski definition) is 6. The van der Waals surface area contributed by atoms with Crippen molar-refractivity contribution in [1.29, 1.82) is 5.41 Å². The minimum Gasteiger partial charge on any atom is -0.395 e. The number of hydrogen-bond donors (Lipinski definition) is 5. The van der Waals surface area contributed by atoms with E-state index in [1.165, 1.54) is 0 Å². The molecule has 0 bridgehead atoms. The van der Waals surface area contributed by atoms with Gasteiger partial charge in [0.2, 0.25) is 0 Å². The fourth-order valence-corrected chi connectivity index (χ4v) is 2.60. The third-order valence-corrected chi connectivity index (χ3v) is 4.32. The molecule has 8 nitrogen and oxygen atoms in total. The van der Waals surface area contributed by atoms with Gasteiger partial charge in [0.05, 0.1) is 13.2 Å². The summed E-state index contributed by atoms with van der Waals surface area (Å²) in [6, 6.07) is 14.3. The third kappa shape index (κ3) is 7.19. The number of nitrogens with one attached hydrogen (secondary N) is 2. The van der Waals surface area contributed by atoms with Gasteiger partial charge in [-0.3, -0.25) is 10.2 Å². The number of nitrogen functional groups attached to an aromatic ring is 1. The molecule has 156 valence electrons. The average molecular weight is 400 g/mol. The number of ether oxygens (including phenoxy) is 1. The van der Waals surface area contributed by atoms with Gasteiger partial charge in [-0.1, -0.05) is 17.7 Å². The van der Waals surface area contributed by atoms with Crippen LogP contribution in [0.3, 0.4) is 0 Å². The van der Waals surface area contributed by atoms with Crippen LogP contribution in [-0.4, -0.2) is 54.5 Å². The zero-order chi connectivity index (χ0) is 21.2. The molecule has 0 aliphatic carbocycles. The van der Waals surface area contributed by atoms with Gasteiger partial charge in [-0.15, -0.1) is 0 Å².